The summed E-state index contributed by atoms with van der Waals surface area (Å²) in [5.74, 6) is 1.95. The maximum Gasteiger partial charge on any atom is 0.232 e. The van der Waals surface area contributed by atoms with Crippen LogP contribution in [0.25, 0.3) is 0 Å². The summed E-state index contributed by atoms with van der Waals surface area (Å²) in [6, 6.07) is 12.9. The van der Waals surface area contributed by atoms with Gasteiger partial charge in [0.2, 0.25) is 16.0 Å². The number of methoxy groups -OCH3 is 1. The molecule has 12 heteroatoms. The average Bonchev–Trinajstić information content (AvgIpc) is 3.70. The molecule has 2 N–H and O–H groups in total. The maximum atomic E-state index is 12.6. The van der Waals surface area contributed by atoms with Crippen molar-refractivity contribution >= 4 is 44.5 Å². The molecule has 2 fully saturated rings. The highest BCUT2D eigenvalue weighted by molar-refractivity contribution is 7.92. The molecular formula is C33H44N8O3S. The molecule has 0 radical (unpaired) electrons. The van der Waals surface area contributed by atoms with Crippen molar-refractivity contribution in [1.29, 1.82) is 0 Å². The van der Waals surface area contributed by atoms with Crippen LogP contribution in [0.1, 0.15) is 36.1 Å². The molecule has 0 saturated carbocycles. The molecule has 0 unspecified atom stereocenters. The molecule has 0 spiro atoms. The summed E-state index contributed by atoms with van der Waals surface area (Å²) in [5, 5.41) is 6.93. The Balaban J connectivity index is 1.09. The van der Waals surface area contributed by atoms with Gasteiger partial charge in [-0.3, -0.25) is 9.21 Å². The molecule has 4 heterocycles. The van der Waals surface area contributed by atoms with Gasteiger partial charge in [0, 0.05) is 69.2 Å². The van der Waals surface area contributed by atoms with E-state index in [1.54, 1.807) is 7.11 Å². The second kappa shape index (κ2) is 12.3. The van der Waals surface area contributed by atoms with Crippen molar-refractivity contribution in [2.24, 2.45) is 0 Å². The van der Waals surface area contributed by atoms with Crippen molar-refractivity contribution in [3.8, 4) is 5.75 Å². The molecule has 0 amide bonds. The molecule has 0 bridgehead atoms. The monoisotopic (exact) mass is 632 g/mol. The smallest absolute Gasteiger partial charge is 0.232 e. The van der Waals surface area contributed by atoms with E-state index in [9.17, 15) is 8.42 Å². The molecule has 240 valence electrons. The maximum absolute atomic E-state index is 12.6. The zero-order valence-corrected chi connectivity index (χ0v) is 27.4. The fourth-order valence-electron chi connectivity index (χ4n) is 7.35. The van der Waals surface area contributed by atoms with E-state index < -0.39 is 10.0 Å². The van der Waals surface area contributed by atoms with Crippen LogP contribution >= 0.6 is 0 Å². The standard InChI is InChI=1S/C33H44N8O3S/c1-38-18-20-40(21-19-38)24-13-15-39(16-14-24)25-10-11-28(30(22-25)44-2)36-33-35-27-8-5-7-26(27)32(37-33)34-29-9-4-6-23-12-17-41(31(23)29)45(3,42)43/h4,6,9-11,22,24H,5,7-8,12-21H2,1-3H3,(H2,34,35,36,37). The predicted molar refractivity (Wildman–Crippen MR) is 180 cm³/mol. The van der Waals surface area contributed by atoms with Crippen molar-refractivity contribution in [1.82, 2.24) is 19.8 Å². The third kappa shape index (κ3) is 6.15. The number of piperazine rings is 1. The number of likely N-dealkylation sites (N-methyl/N-ethyl adjacent to an activating group) is 1. The second-order valence-electron chi connectivity index (χ2n) is 12.8. The predicted octanol–water partition coefficient (Wildman–Crippen LogP) is 4.00. The number of piperidine rings is 1. The Kier molecular flexibility index (Phi) is 8.22. The summed E-state index contributed by atoms with van der Waals surface area (Å²) in [5.41, 5.74) is 6.55. The van der Waals surface area contributed by atoms with Gasteiger partial charge in [0.1, 0.15) is 11.6 Å². The number of hydrogen-bond donors (Lipinski definition) is 2. The van der Waals surface area contributed by atoms with E-state index in [0.717, 1.165) is 79.4 Å². The van der Waals surface area contributed by atoms with Gasteiger partial charge in [-0.05, 0) is 69.3 Å². The minimum atomic E-state index is -3.39. The number of fused-ring (bicyclic) bond motifs is 2. The Labute approximate surface area is 266 Å². The lowest BCUT2D eigenvalue weighted by molar-refractivity contribution is 0.0982. The Bertz CT molecular complexity index is 1670. The van der Waals surface area contributed by atoms with Gasteiger partial charge in [-0.15, -0.1) is 0 Å². The van der Waals surface area contributed by atoms with Crippen LogP contribution in [0.4, 0.5) is 34.5 Å². The van der Waals surface area contributed by atoms with Crippen LogP contribution in [0.15, 0.2) is 36.4 Å². The number of nitrogens with one attached hydrogen (secondary N) is 2. The first-order chi connectivity index (χ1) is 21.8. The van der Waals surface area contributed by atoms with Gasteiger partial charge in [-0.1, -0.05) is 12.1 Å². The Morgan fingerprint density at radius 3 is 2.44 bits per heavy atom. The van der Waals surface area contributed by atoms with E-state index in [1.165, 1.54) is 42.2 Å². The first-order valence-electron chi connectivity index (χ1n) is 16.2. The number of rotatable bonds is 8. The summed E-state index contributed by atoms with van der Waals surface area (Å²) in [7, 11) is 0.517. The van der Waals surface area contributed by atoms with Crippen molar-refractivity contribution in [2.45, 2.75) is 44.6 Å². The van der Waals surface area contributed by atoms with Crippen LogP contribution in [0, 0.1) is 0 Å². The molecule has 2 saturated heterocycles. The summed E-state index contributed by atoms with van der Waals surface area (Å²) in [6.45, 7) is 7.19. The van der Waals surface area contributed by atoms with Crippen molar-refractivity contribution in [3.63, 3.8) is 0 Å². The molecular weight excluding hydrogens is 588 g/mol. The molecule has 45 heavy (non-hydrogen) atoms. The largest absolute Gasteiger partial charge is 0.494 e. The molecule has 1 aliphatic carbocycles. The van der Waals surface area contributed by atoms with Crippen LogP contribution in [0.5, 0.6) is 5.75 Å². The minimum absolute atomic E-state index is 0.450. The quantitative estimate of drug-likeness (QED) is 0.379. The van der Waals surface area contributed by atoms with E-state index in [1.807, 2.05) is 18.2 Å². The number of ether oxygens (including phenoxy) is 1. The SMILES string of the molecule is COc1cc(N2CCC(N3CCN(C)CC3)CC2)ccc1Nc1nc2c(c(Nc3cccc4c3N(S(C)(=O)=O)CC4)n1)CCC2. The third-order valence-electron chi connectivity index (χ3n) is 9.86. The molecule has 1 aromatic heterocycles. The third-order valence-corrected chi connectivity index (χ3v) is 11.0. The molecule has 4 aliphatic rings. The number of aromatic nitrogens is 2. The van der Waals surface area contributed by atoms with Crippen LogP contribution in [-0.2, 0) is 29.3 Å². The highest BCUT2D eigenvalue weighted by Gasteiger charge is 2.30. The van der Waals surface area contributed by atoms with Gasteiger partial charge < -0.3 is 25.2 Å². The van der Waals surface area contributed by atoms with E-state index >= 15 is 0 Å². The van der Waals surface area contributed by atoms with Gasteiger partial charge in [-0.25, -0.2) is 13.4 Å². The zero-order chi connectivity index (χ0) is 31.1. The second-order valence-corrected chi connectivity index (χ2v) is 14.7. The van der Waals surface area contributed by atoms with Crippen molar-refractivity contribution in [3.05, 3.63) is 53.2 Å². The summed E-state index contributed by atoms with van der Waals surface area (Å²) >= 11 is 0. The van der Waals surface area contributed by atoms with Crippen molar-refractivity contribution < 1.29 is 13.2 Å². The van der Waals surface area contributed by atoms with Gasteiger partial charge in [0.25, 0.3) is 0 Å². The molecule has 11 nitrogen and oxygen atoms in total. The van der Waals surface area contributed by atoms with Crippen molar-refractivity contribution in [2.75, 3.05) is 86.1 Å². The fraction of sp³-hybridized carbons (Fsp3) is 0.515. The first-order valence-corrected chi connectivity index (χ1v) is 18.0. The highest BCUT2D eigenvalue weighted by Crippen LogP contribution is 2.40. The topological polar surface area (TPSA) is 106 Å². The number of benzene rings is 2. The number of anilines is 6. The molecule has 0 atom stereocenters. The van der Waals surface area contributed by atoms with E-state index in [4.69, 9.17) is 14.7 Å². The van der Waals surface area contributed by atoms with E-state index in [0.29, 0.717) is 36.5 Å². The number of aryl methyl sites for hydroxylation is 1. The number of nitrogens with zero attached hydrogens (tertiary/aromatic N) is 6. The van der Waals surface area contributed by atoms with E-state index in [-0.39, 0.29) is 0 Å². The first kappa shape index (κ1) is 30.1. The number of sulfonamides is 1. The normalized spacial score (nSPS) is 19.4. The van der Waals surface area contributed by atoms with E-state index in [2.05, 4.69) is 50.6 Å². The summed E-state index contributed by atoms with van der Waals surface area (Å²) in [4.78, 5) is 17.4. The lowest BCUT2D eigenvalue weighted by Gasteiger charge is -2.42. The Morgan fingerprint density at radius 2 is 1.69 bits per heavy atom. The van der Waals surface area contributed by atoms with Gasteiger partial charge >= 0.3 is 0 Å². The summed E-state index contributed by atoms with van der Waals surface area (Å²) < 4.78 is 32.5. The van der Waals surface area contributed by atoms with Crippen LogP contribution in [0.2, 0.25) is 0 Å². The average molecular weight is 633 g/mol. The fourth-order valence-corrected chi connectivity index (χ4v) is 8.32. The lowest BCUT2D eigenvalue weighted by Crippen LogP contribution is -2.52. The Hall–Kier alpha value is -3.61. The lowest BCUT2D eigenvalue weighted by atomic mass is 10.0. The zero-order valence-electron chi connectivity index (χ0n) is 26.6. The van der Waals surface area contributed by atoms with Gasteiger partial charge in [0.15, 0.2) is 0 Å². The van der Waals surface area contributed by atoms with Crippen LogP contribution < -0.4 is 24.6 Å². The van der Waals surface area contributed by atoms with Crippen LogP contribution in [0.3, 0.4) is 0 Å². The van der Waals surface area contributed by atoms with Gasteiger partial charge in [-0.2, -0.15) is 4.98 Å². The molecule has 2 aromatic carbocycles. The number of hydrogen-bond acceptors (Lipinski definition) is 10. The number of para-hydroxylation sites is 1. The molecule has 3 aromatic rings. The minimum Gasteiger partial charge on any atom is -0.494 e. The highest BCUT2D eigenvalue weighted by atomic mass is 32.2. The molecule has 3 aliphatic heterocycles. The van der Waals surface area contributed by atoms with Crippen LogP contribution in [-0.4, -0.2) is 100 Å². The van der Waals surface area contributed by atoms with Gasteiger partial charge in [0.05, 0.1) is 36.1 Å². The molecule has 7 rings (SSSR count). The Morgan fingerprint density at radius 1 is 0.889 bits per heavy atom. The summed E-state index contributed by atoms with van der Waals surface area (Å²) in [6.07, 6.45) is 7.08.